The lowest BCUT2D eigenvalue weighted by molar-refractivity contribution is 0.184. The average molecular weight is 331 g/mol. The lowest BCUT2D eigenvalue weighted by atomic mass is 10.2. The van der Waals surface area contributed by atoms with E-state index in [1.165, 1.54) is 38.8 Å². The molecule has 5 heteroatoms. The van der Waals surface area contributed by atoms with Crippen molar-refractivity contribution >= 4 is 16.6 Å². The van der Waals surface area contributed by atoms with E-state index in [9.17, 15) is 0 Å². The van der Waals surface area contributed by atoms with E-state index in [4.69, 9.17) is 4.43 Å². The fourth-order valence-electron chi connectivity index (χ4n) is 2.90. The zero-order valence-corrected chi connectivity index (χ0v) is 17.8. The van der Waals surface area contributed by atoms with Crippen LogP contribution in [0, 0.1) is 0 Å². The van der Waals surface area contributed by atoms with Crippen LogP contribution in [0.25, 0.3) is 0 Å². The molecule has 1 aliphatic rings. The van der Waals surface area contributed by atoms with Crippen LogP contribution in [0.3, 0.4) is 0 Å². The maximum absolute atomic E-state index is 5.95. The second-order valence-electron chi connectivity index (χ2n) is 8.58. The summed E-state index contributed by atoms with van der Waals surface area (Å²) < 4.78 is 8.76. The van der Waals surface area contributed by atoms with Crippen LogP contribution in [0.1, 0.15) is 27.7 Å². The number of piperazine rings is 1. The quantitative estimate of drug-likeness (QED) is 0.688. The van der Waals surface area contributed by atoms with E-state index in [1.807, 2.05) is 0 Å². The Hall–Kier alpha value is 0.314. The standard InChI is InChI=1S/C16H38N2OSi2/c1-9-19-20(5,6)15-14-17-10-12-18(13-11-17)21(7,8)16(2,3)4/h9-15H2,1-8H3. The maximum Gasteiger partial charge on any atom is 0.187 e. The van der Waals surface area contributed by atoms with E-state index in [1.54, 1.807) is 0 Å². The Morgan fingerprint density at radius 1 is 0.952 bits per heavy atom. The molecule has 0 spiro atoms. The highest BCUT2D eigenvalue weighted by atomic mass is 28.4. The Bertz CT molecular complexity index is 319. The van der Waals surface area contributed by atoms with Gasteiger partial charge in [0.05, 0.1) is 0 Å². The molecule has 0 unspecified atom stereocenters. The first-order valence-corrected chi connectivity index (χ1v) is 14.7. The van der Waals surface area contributed by atoms with Crippen LogP contribution >= 0.6 is 0 Å². The van der Waals surface area contributed by atoms with Crippen LogP contribution < -0.4 is 0 Å². The van der Waals surface area contributed by atoms with E-state index in [-0.39, 0.29) is 0 Å². The number of rotatable bonds is 6. The van der Waals surface area contributed by atoms with Gasteiger partial charge in [0, 0.05) is 32.8 Å². The lowest BCUT2D eigenvalue weighted by Crippen LogP contribution is -2.61. The first-order chi connectivity index (χ1) is 9.49. The van der Waals surface area contributed by atoms with Crippen LogP contribution in [-0.4, -0.2) is 65.3 Å². The molecule has 3 nitrogen and oxygen atoms in total. The van der Waals surface area contributed by atoms with Crippen LogP contribution in [0.4, 0.5) is 0 Å². The van der Waals surface area contributed by atoms with Gasteiger partial charge in [-0.25, -0.2) is 0 Å². The third kappa shape index (κ3) is 5.46. The SMILES string of the molecule is CCO[Si](C)(C)CCN1CCN([Si](C)(C)C(C)(C)C)CC1. The summed E-state index contributed by atoms with van der Waals surface area (Å²) in [5, 5.41) is 0.457. The molecule has 0 aromatic carbocycles. The summed E-state index contributed by atoms with van der Waals surface area (Å²) in [6.07, 6.45) is 0. The van der Waals surface area contributed by atoms with Crippen LogP contribution in [0.2, 0.25) is 37.3 Å². The van der Waals surface area contributed by atoms with E-state index in [0.29, 0.717) is 5.04 Å². The number of hydrogen-bond donors (Lipinski definition) is 0. The molecule has 21 heavy (non-hydrogen) atoms. The molecule has 0 saturated carbocycles. The van der Waals surface area contributed by atoms with Gasteiger partial charge in [-0.2, -0.15) is 0 Å². The predicted molar refractivity (Wildman–Crippen MR) is 99.1 cm³/mol. The van der Waals surface area contributed by atoms with Gasteiger partial charge in [-0.3, -0.25) is 0 Å². The molecule has 1 rings (SSSR count). The largest absolute Gasteiger partial charge is 0.418 e. The monoisotopic (exact) mass is 330 g/mol. The molecule has 1 aliphatic heterocycles. The third-order valence-corrected chi connectivity index (χ3v) is 13.8. The van der Waals surface area contributed by atoms with Crippen LogP contribution in [0.5, 0.6) is 0 Å². The van der Waals surface area contributed by atoms with E-state index in [0.717, 1.165) is 6.61 Å². The third-order valence-electron chi connectivity index (χ3n) is 5.56. The summed E-state index contributed by atoms with van der Waals surface area (Å²) in [6.45, 7) is 26.2. The first-order valence-electron chi connectivity index (χ1n) is 8.61. The molecule has 0 amide bonds. The summed E-state index contributed by atoms with van der Waals surface area (Å²) in [6, 6.07) is 1.26. The zero-order valence-electron chi connectivity index (χ0n) is 15.8. The van der Waals surface area contributed by atoms with Crippen molar-refractivity contribution in [3.05, 3.63) is 0 Å². The van der Waals surface area contributed by atoms with Crippen LogP contribution in [-0.2, 0) is 4.43 Å². The normalized spacial score (nSPS) is 20.0. The van der Waals surface area contributed by atoms with Crippen molar-refractivity contribution in [1.29, 1.82) is 0 Å². The van der Waals surface area contributed by atoms with Gasteiger partial charge in [-0.05, 0) is 37.6 Å². The molecule has 0 atom stereocenters. The van der Waals surface area contributed by atoms with E-state index in [2.05, 4.69) is 63.3 Å². The average Bonchev–Trinajstić information content (AvgIpc) is 2.35. The summed E-state index contributed by atoms with van der Waals surface area (Å²) >= 11 is 0. The molecular weight excluding hydrogens is 292 g/mol. The fourth-order valence-corrected chi connectivity index (χ4v) is 6.94. The predicted octanol–water partition coefficient (Wildman–Crippen LogP) is 3.85. The highest BCUT2D eigenvalue weighted by molar-refractivity contribution is 6.77. The lowest BCUT2D eigenvalue weighted by Gasteiger charge is -2.49. The number of hydrogen-bond acceptors (Lipinski definition) is 3. The summed E-state index contributed by atoms with van der Waals surface area (Å²) in [4.78, 5) is 2.65. The number of nitrogens with zero attached hydrogens (tertiary/aromatic N) is 2. The summed E-state index contributed by atoms with van der Waals surface area (Å²) in [5.74, 6) is 0. The Labute approximate surface area is 135 Å². The van der Waals surface area contributed by atoms with Crippen molar-refractivity contribution in [2.24, 2.45) is 0 Å². The van der Waals surface area contributed by atoms with Crippen molar-refractivity contribution in [2.75, 3.05) is 39.3 Å². The van der Waals surface area contributed by atoms with Crippen molar-refractivity contribution in [3.8, 4) is 0 Å². The van der Waals surface area contributed by atoms with Gasteiger partial charge in [-0.1, -0.05) is 33.9 Å². The van der Waals surface area contributed by atoms with Crippen molar-refractivity contribution < 1.29 is 4.43 Å². The minimum absolute atomic E-state index is 0.457. The molecule has 126 valence electrons. The summed E-state index contributed by atoms with van der Waals surface area (Å²) in [5.41, 5.74) is 0. The van der Waals surface area contributed by atoms with E-state index >= 15 is 0 Å². The molecule has 1 heterocycles. The van der Waals surface area contributed by atoms with Gasteiger partial charge in [0.2, 0.25) is 0 Å². The van der Waals surface area contributed by atoms with E-state index < -0.39 is 16.6 Å². The van der Waals surface area contributed by atoms with Gasteiger partial charge in [-0.15, -0.1) is 0 Å². The molecule has 1 saturated heterocycles. The molecule has 0 N–H and O–H groups in total. The minimum atomic E-state index is -1.42. The second-order valence-corrected chi connectivity index (χ2v) is 18.1. The zero-order chi connectivity index (χ0) is 16.3. The van der Waals surface area contributed by atoms with Gasteiger partial charge >= 0.3 is 0 Å². The minimum Gasteiger partial charge on any atom is -0.418 e. The first kappa shape index (κ1) is 19.4. The Kier molecular flexibility index (Phi) is 6.69. The molecule has 0 bridgehead atoms. The smallest absolute Gasteiger partial charge is 0.187 e. The van der Waals surface area contributed by atoms with Gasteiger partial charge in [0.1, 0.15) is 8.24 Å². The Balaban J connectivity index is 2.43. The molecular formula is C16H38N2OSi2. The van der Waals surface area contributed by atoms with Gasteiger partial charge in [0.15, 0.2) is 8.32 Å². The maximum atomic E-state index is 5.95. The molecule has 0 aromatic rings. The highest BCUT2D eigenvalue weighted by Crippen LogP contribution is 2.38. The summed E-state index contributed by atoms with van der Waals surface area (Å²) in [7, 11) is -2.73. The second kappa shape index (κ2) is 7.26. The Morgan fingerprint density at radius 3 is 1.90 bits per heavy atom. The van der Waals surface area contributed by atoms with Gasteiger partial charge in [0.25, 0.3) is 0 Å². The molecule has 0 aromatic heterocycles. The van der Waals surface area contributed by atoms with Crippen molar-refractivity contribution in [1.82, 2.24) is 9.47 Å². The van der Waals surface area contributed by atoms with Crippen molar-refractivity contribution in [2.45, 2.75) is 65.0 Å². The van der Waals surface area contributed by atoms with Crippen LogP contribution in [0.15, 0.2) is 0 Å². The fraction of sp³-hybridized carbons (Fsp3) is 1.00. The molecule has 1 fully saturated rings. The van der Waals surface area contributed by atoms with Crippen molar-refractivity contribution in [3.63, 3.8) is 0 Å². The molecule has 0 aliphatic carbocycles. The Morgan fingerprint density at radius 2 is 1.48 bits per heavy atom. The topological polar surface area (TPSA) is 15.7 Å². The highest BCUT2D eigenvalue weighted by Gasteiger charge is 2.41. The van der Waals surface area contributed by atoms with Gasteiger partial charge < -0.3 is 13.9 Å². The molecule has 0 radical (unpaired) electrons.